The Labute approximate surface area is 134 Å². The maximum atomic E-state index is 13.1. The van der Waals surface area contributed by atoms with Crippen LogP contribution >= 0.6 is 0 Å². The summed E-state index contributed by atoms with van der Waals surface area (Å²) in [4.78, 5) is 17.8. The van der Waals surface area contributed by atoms with Gasteiger partial charge in [-0.25, -0.2) is 4.79 Å². The summed E-state index contributed by atoms with van der Waals surface area (Å²) in [6.07, 6.45) is -2.00. The number of piperidine rings is 1. The molecule has 1 aromatic rings. The Kier molecular flexibility index (Phi) is 4.50. The minimum absolute atomic E-state index is 0.426. The molecule has 0 atom stereocenters. The van der Waals surface area contributed by atoms with Crippen molar-refractivity contribution in [1.29, 1.82) is 0 Å². The Hall–Kier alpha value is -1.56. The van der Waals surface area contributed by atoms with Gasteiger partial charge in [0, 0.05) is 0 Å². The van der Waals surface area contributed by atoms with Gasteiger partial charge in [-0.3, -0.25) is 0 Å². The van der Waals surface area contributed by atoms with E-state index >= 15 is 0 Å². The van der Waals surface area contributed by atoms with Crippen LogP contribution in [0, 0.1) is 0 Å². The van der Waals surface area contributed by atoms with Crippen LogP contribution in [-0.2, 0) is 11.0 Å². The van der Waals surface area contributed by atoms with Crippen molar-refractivity contribution in [3.05, 3.63) is 35.4 Å². The van der Waals surface area contributed by atoms with Crippen molar-refractivity contribution in [1.82, 2.24) is 5.06 Å². The molecule has 0 amide bonds. The summed E-state index contributed by atoms with van der Waals surface area (Å²) in [5, 5.41) is 1.55. The summed E-state index contributed by atoms with van der Waals surface area (Å²) >= 11 is 0. The first-order chi connectivity index (χ1) is 10.5. The predicted octanol–water partition coefficient (Wildman–Crippen LogP) is 4.82. The average Bonchev–Trinajstić information content (AvgIpc) is 2.41. The molecule has 6 heteroatoms. The zero-order valence-corrected chi connectivity index (χ0v) is 13.8. The number of hydrogen-bond acceptors (Lipinski definition) is 3. The number of carbonyl (C=O) groups excluding carboxylic acids is 1. The van der Waals surface area contributed by atoms with E-state index in [1.807, 2.05) is 27.7 Å². The fourth-order valence-electron chi connectivity index (χ4n) is 3.26. The summed E-state index contributed by atoms with van der Waals surface area (Å²) in [7, 11) is 0. The molecule has 0 spiro atoms. The van der Waals surface area contributed by atoms with E-state index in [2.05, 4.69) is 0 Å². The first-order valence-corrected chi connectivity index (χ1v) is 7.64. The molecule has 0 radical (unpaired) electrons. The highest BCUT2D eigenvalue weighted by atomic mass is 19.4. The quantitative estimate of drug-likeness (QED) is 0.779. The second-order valence-corrected chi connectivity index (χ2v) is 7.19. The lowest BCUT2D eigenvalue weighted by molar-refractivity contribution is -0.241. The maximum Gasteiger partial charge on any atom is 0.417 e. The Balaban J connectivity index is 2.32. The summed E-state index contributed by atoms with van der Waals surface area (Å²) in [5.74, 6) is -0.971. The molecule has 0 N–H and O–H groups in total. The zero-order valence-electron chi connectivity index (χ0n) is 13.8. The topological polar surface area (TPSA) is 29.5 Å². The Bertz CT molecular complexity index is 578. The summed E-state index contributed by atoms with van der Waals surface area (Å²) in [5.41, 5.74) is -2.29. The van der Waals surface area contributed by atoms with E-state index in [9.17, 15) is 18.0 Å². The third-order valence-corrected chi connectivity index (χ3v) is 4.30. The smallest absolute Gasteiger partial charge is 0.363 e. The molecule has 0 saturated carbocycles. The molecule has 1 fully saturated rings. The molecule has 1 aromatic carbocycles. The van der Waals surface area contributed by atoms with E-state index in [0.29, 0.717) is 0 Å². The Morgan fingerprint density at radius 3 is 2.13 bits per heavy atom. The predicted molar refractivity (Wildman–Crippen MR) is 80.7 cm³/mol. The lowest BCUT2D eigenvalue weighted by Crippen LogP contribution is -2.58. The summed E-state index contributed by atoms with van der Waals surface area (Å²) in [6, 6.07) is 4.70. The van der Waals surface area contributed by atoms with E-state index in [1.165, 1.54) is 12.1 Å². The third kappa shape index (κ3) is 3.68. The van der Waals surface area contributed by atoms with Gasteiger partial charge in [-0.2, -0.15) is 13.2 Å². The molecule has 0 aromatic heterocycles. The minimum atomic E-state index is -4.59. The van der Waals surface area contributed by atoms with E-state index in [4.69, 9.17) is 4.84 Å². The van der Waals surface area contributed by atoms with Crippen LogP contribution in [0.2, 0.25) is 0 Å². The van der Waals surface area contributed by atoms with Crippen LogP contribution in [0.25, 0.3) is 0 Å². The monoisotopic (exact) mass is 329 g/mol. The first-order valence-electron chi connectivity index (χ1n) is 7.64. The van der Waals surface area contributed by atoms with E-state index in [-0.39, 0.29) is 0 Å². The van der Waals surface area contributed by atoms with Gasteiger partial charge in [0.05, 0.1) is 22.2 Å². The molecule has 0 aliphatic carbocycles. The van der Waals surface area contributed by atoms with Crippen LogP contribution in [0.15, 0.2) is 24.3 Å². The highest BCUT2D eigenvalue weighted by Crippen LogP contribution is 2.39. The zero-order chi connectivity index (χ0) is 17.5. The van der Waals surface area contributed by atoms with Crippen molar-refractivity contribution in [3.8, 4) is 0 Å². The molecule has 2 rings (SSSR count). The SMILES string of the molecule is CC1(C)CCCC(C)(C)N1OC(=O)c1ccccc1C(F)(F)F. The molecule has 0 unspecified atom stereocenters. The number of nitrogens with zero attached hydrogens (tertiary/aromatic N) is 1. The molecule has 1 heterocycles. The lowest BCUT2D eigenvalue weighted by atomic mass is 9.82. The maximum absolute atomic E-state index is 13.1. The van der Waals surface area contributed by atoms with Gasteiger partial charge >= 0.3 is 12.1 Å². The summed E-state index contributed by atoms with van der Waals surface area (Å²) in [6.45, 7) is 7.71. The molecule has 0 bridgehead atoms. The van der Waals surface area contributed by atoms with Crippen molar-refractivity contribution >= 4 is 5.97 Å². The van der Waals surface area contributed by atoms with Crippen molar-refractivity contribution in [3.63, 3.8) is 0 Å². The van der Waals surface area contributed by atoms with Crippen molar-refractivity contribution in [2.75, 3.05) is 0 Å². The van der Waals surface area contributed by atoms with Crippen LogP contribution in [0.3, 0.4) is 0 Å². The second kappa shape index (κ2) is 5.82. The third-order valence-electron chi connectivity index (χ3n) is 4.30. The fourth-order valence-corrected chi connectivity index (χ4v) is 3.26. The lowest BCUT2D eigenvalue weighted by Gasteiger charge is -2.50. The van der Waals surface area contributed by atoms with Crippen LogP contribution in [0.4, 0.5) is 13.2 Å². The van der Waals surface area contributed by atoms with Crippen molar-refractivity contribution < 1.29 is 22.8 Å². The number of benzene rings is 1. The van der Waals surface area contributed by atoms with Gasteiger partial charge in [0.2, 0.25) is 0 Å². The normalized spacial score (nSPS) is 21.0. The fraction of sp³-hybridized carbons (Fsp3) is 0.588. The minimum Gasteiger partial charge on any atom is -0.363 e. The molecule has 1 aliphatic heterocycles. The number of hydrogen-bond donors (Lipinski definition) is 0. The van der Waals surface area contributed by atoms with Gasteiger partial charge in [0.25, 0.3) is 0 Å². The number of hydroxylamine groups is 2. The van der Waals surface area contributed by atoms with Crippen LogP contribution < -0.4 is 0 Å². The highest BCUT2D eigenvalue weighted by Gasteiger charge is 2.45. The van der Waals surface area contributed by atoms with E-state index in [1.54, 1.807) is 5.06 Å². The number of carbonyl (C=O) groups is 1. The average molecular weight is 329 g/mol. The Morgan fingerprint density at radius 2 is 1.61 bits per heavy atom. The number of halogens is 3. The van der Waals surface area contributed by atoms with Gasteiger partial charge in [0.15, 0.2) is 0 Å². The van der Waals surface area contributed by atoms with Gasteiger partial charge in [-0.05, 0) is 59.1 Å². The molecule has 3 nitrogen and oxygen atoms in total. The van der Waals surface area contributed by atoms with Crippen LogP contribution in [-0.4, -0.2) is 22.1 Å². The van der Waals surface area contributed by atoms with Crippen molar-refractivity contribution in [2.24, 2.45) is 0 Å². The first kappa shape index (κ1) is 17.8. The molecular weight excluding hydrogens is 307 g/mol. The molecule has 23 heavy (non-hydrogen) atoms. The van der Waals surface area contributed by atoms with Crippen molar-refractivity contribution in [2.45, 2.75) is 64.2 Å². The molecule has 128 valence electrons. The molecular formula is C17H22F3NO2. The number of alkyl halides is 3. The Morgan fingerprint density at radius 1 is 1.09 bits per heavy atom. The highest BCUT2D eigenvalue weighted by molar-refractivity contribution is 5.91. The van der Waals surface area contributed by atoms with Gasteiger partial charge in [-0.1, -0.05) is 12.1 Å². The van der Waals surface area contributed by atoms with Crippen LogP contribution in [0.5, 0.6) is 0 Å². The molecule has 1 aliphatic rings. The largest absolute Gasteiger partial charge is 0.417 e. The van der Waals surface area contributed by atoms with E-state index < -0.39 is 34.4 Å². The van der Waals surface area contributed by atoms with Gasteiger partial charge in [-0.15, -0.1) is 5.06 Å². The second-order valence-electron chi connectivity index (χ2n) is 7.19. The van der Waals surface area contributed by atoms with Gasteiger partial charge < -0.3 is 4.84 Å². The van der Waals surface area contributed by atoms with Gasteiger partial charge in [0.1, 0.15) is 0 Å². The van der Waals surface area contributed by atoms with E-state index in [0.717, 1.165) is 31.4 Å². The summed E-state index contributed by atoms with van der Waals surface area (Å²) < 4.78 is 39.2. The standard InChI is InChI=1S/C17H22F3NO2/c1-15(2)10-7-11-16(3,4)21(15)23-14(22)12-8-5-6-9-13(12)17(18,19)20/h5-6,8-9H,7,10-11H2,1-4H3. The van der Waals surface area contributed by atoms with Crippen LogP contribution in [0.1, 0.15) is 62.9 Å². The molecule has 1 saturated heterocycles. The number of rotatable bonds is 2.